The number of esters is 1. The summed E-state index contributed by atoms with van der Waals surface area (Å²) in [6.07, 6.45) is 3.78. The fourth-order valence-electron chi connectivity index (χ4n) is 2.86. The number of piperidine rings is 1. The average molecular weight is 360 g/mol. The summed E-state index contributed by atoms with van der Waals surface area (Å²) in [5, 5.41) is 3.33. The molecule has 2 aromatic rings. The zero-order chi connectivity index (χ0) is 19.1. The Morgan fingerprint density at radius 3 is 2.77 bits per heavy atom. The van der Waals surface area contributed by atoms with Gasteiger partial charge in [-0.05, 0) is 31.5 Å². The minimum absolute atomic E-state index is 0.125. The lowest BCUT2D eigenvalue weighted by molar-refractivity contribution is 0.0595. The van der Waals surface area contributed by atoms with Gasteiger partial charge in [-0.15, -0.1) is 0 Å². The molecular formula is C19H25FN4O2. The van der Waals surface area contributed by atoms with E-state index in [1.807, 2.05) is 13.8 Å². The molecule has 1 atom stereocenters. The molecule has 3 rings (SSSR count). The molecule has 140 valence electrons. The van der Waals surface area contributed by atoms with Gasteiger partial charge in [0.1, 0.15) is 17.3 Å². The zero-order valence-electron chi connectivity index (χ0n) is 15.4. The van der Waals surface area contributed by atoms with Gasteiger partial charge in [0.05, 0.1) is 24.6 Å². The highest BCUT2D eigenvalue weighted by atomic mass is 19.1. The first-order chi connectivity index (χ1) is 12.6. The van der Waals surface area contributed by atoms with Gasteiger partial charge in [0.2, 0.25) is 0 Å². The van der Waals surface area contributed by atoms with Gasteiger partial charge >= 0.3 is 5.97 Å². The fourth-order valence-corrected chi connectivity index (χ4v) is 2.86. The second-order valence-electron chi connectivity index (χ2n) is 5.76. The predicted octanol–water partition coefficient (Wildman–Crippen LogP) is 3.14. The van der Waals surface area contributed by atoms with Crippen LogP contribution in [-0.2, 0) is 4.74 Å². The average Bonchev–Trinajstić information content (AvgIpc) is 2.70. The van der Waals surface area contributed by atoms with Crippen LogP contribution in [0.5, 0.6) is 0 Å². The predicted molar refractivity (Wildman–Crippen MR) is 99.4 cm³/mol. The molecule has 0 aliphatic carbocycles. The van der Waals surface area contributed by atoms with Crippen LogP contribution in [0.1, 0.15) is 48.7 Å². The van der Waals surface area contributed by atoms with Crippen molar-refractivity contribution >= 4 is 11.8 Å². The van der Waals surface area contributed by atoms with E-state index < -0.39 is 11.8 Å². The van der Waals surface area contributed by atoms with Crippen molar-refractivity contribution in [1.82, 2.24) is 15.3 Å². The molecule has 0 bridgehead atoms. The van der Waals surface area contributed by atoms with Crippen molar-refractivity contribution in [1.29, 1.82) is 0 Å². The van der Waals surface area contributed by atoms with Gasteiger partial charge < -0.3 is 15.8 Å². The third-order valence-corrected chi connectivity index (χ3v) is 4.18. The van der Waals surface area contributed by atoms with Crippen LogP contribution in [0.3, 0.4) is 0 Å². The number of nitrogens with zero attached hydrogens (tertiary/aromatic N) is 2. The maximum absolute atomic E-state index is 14.2. The summed E-state index contributed by atoms with van der Waals surface area (Å²) in [4.78, 5) is 20.3. The van der Waals surface area contributed by atoms with Crippen molar-refractivity contribution in [3.63, 3.8) is 0 Å². The number of hydrogen-bond donors (Lipinski definition) is 2. The lowest BCUT2D eigenvalue weighted by Crippen LogP contribution is -2.29. The Balaban J connectivity index is 0.00000117. The summed E-state index contributed by atoms with van der Waals surface area (Å²) in [5.74, 6) is -0.900. The van der Waals surface area contributed by atoms with Crippen molar-refractivity contribution in [2.75, 3.05) is 25.9 Å². The first kappa shape index (κ1) is 19.8. The molecule has 0 radical (unpaired) electrons. The van der Waals surface area contributed by atoms with Gasteiger partial charge in [0, 0.05) is 18.0 Å². The van der Waals surface area contributed by atoms with Crippen LogP contribution in [0.15, 0.2) is 24.4 Å². The SMILES string of the molecule is CC.COC(=O)c1ccc(-c2nc(C3CCCNC3)cnc2N)cc1F. The van der Waals surface area contributed by atoms with E-state index in [9.17, 15) is 9.18 Å². The number of carbonyl (C=O) groups is 1. The molecule has 7 heteroatoms. The molecule has 26 heavy (non-hydrogen) atoms. The highest BCUT2D eigenvalue weighted by Crippen LogP contribution is 2.28. The van der Waals surface area contributed by atoms with Gasteiger partial charge in [-0.3, -0.25) is 0 Å². The topological polar surface area (TPSA) is 90.1 Å². The van der Waals surface area contributed by atoms with E-state index in [1.165, 1.54) is 19.2 Å². The Bertz CT molecular complexity index is 761. The van der Waals surface area contributed by atoms with E-state index in [1.54, 1.807) is 12.3 Å². The van der Waals surface area contributed by atoms with Crippen LogP contribution >= 0.6 is 0 Å². The smallest absolute Gasteiger partial charge is 0.340 e. The summed E-state index contributed by atoms with van der Waals surface area (Å²) in [6.45, 7) is 5.85. The number of nitrogens with two attached hydrogens (primary N) is 1. The number of aromatic nitrogens is 2. The van der Waals surface area contributed by atoms with Crippen molar-refractivity contribution in [2.45, 2.75) is 32.6 Å². The molecule has 6 nitrogen and oxygen atoms in total. The molecule has 1 fully saturated rings. The molecule has 0 spiro atoms. The van der Waals surface area contributed by atoms with Crippen molar-refractivity contribution in [3.8, 4) is 11.3 Å². The Hall–Kier alpha value is -2.54. The number of benzene rings is 1. The van der Waals surface area contributed by atoms with Crippen LogP contribution in [0.4, 0.5) is 10.2 Å². The number of halogens is 1. The van der Waals surface area contributed by atoms with Crippen LogP contribution in [0.2, 0.25) is 0 Å². The van der Waals surface area contributed by atoms with Gasteiger partial charge in [0.15, 0.2) is 0 Å². The van der Waals surface area contributed by atoms with E-state index >= 15 is 0 Å². The Kier molecular flexibility index (Phi) is 7.03. The number of hydrogen-bond acceptors (Lipinski definition) is 6. The van der Waals surface area contributed by atoms with E-state index in [0.29, 0.717) is 11.3 Å². The normalized spacial score (nSPS) is 16.4. The number of ether oxygens (including phenoxy) is 1. The molecule has 1 aromatic carbocycles. The fraction of sp³-hybridized carbons (Fsp3) is 0.421. The molecule has 3 N–H and O–H groups in total. The monoisotopic (exact) mass is 360 g/mol. The molecule has 1 unspecified atom stereocenters. The Morgan fingerprint density at radius 2 is 2.15 bits per heavy atom. The Labute approximate surface area is 153 Å². The number of rotatable bonds is 3. The molecule has 1 saturated heterocycles. The van der Waals surface area contributed by atoms with Gasteiger partial charge in [-0.1, -0.05) is 19.9 Å². The van der Waals surface area contributed by atoms with Crippen LogP contribution in [-0.4, -0.2) is 36.1 Å². The minimum atomic E-state index is -0.722. The first-order valence-corrected chi connectivity index (χ1v) is 8.81. The molecule has 1 aliphatic rings. The standard InChI is InChI=1S/C17H19FN4O2.C2H6/c1-24-17(23)12-5-4-10(7-13(12)18)15-16(19)21-9-14(22-15)11-3-2-6-20-8-11;1-2/h4-5,7,9,11,20H,2-3,6,8H2,1H3,(H2,19,21);1-2H3. The van der Waals surface area contributed by atoms with Crippen molar-refractivity contribution in [2.24, 2.45) is 0 Å². The largest absolute Gasteiger partial charge is 0.465 e. The number of nitrogens with one attached hydrogen (secondary N) is 1. The summed E-state index contributed by atoms with van der Waals surface area (Å²) in [6, 6.07) is 4.20. The van der Waals surface area contributed by atoms with Crippen LogP contribution in [0, 0.1) is 5.82 Å². The van der Waals surface area contributed by atoms with Crippen LogP contribution in [0.25, 0.3) is 11.3 Å². The highest BCUT2D eigenvalue weighted by molar-refractivity contribution is 5.90. The third-order valence-electron chi connectivity index (χ3n) is 4.18. The van der Waals surface area contributed by atoms with E-state index in [-0.39, 0.29) is 17.3 Å². The zero-order valence-corrected chi connectivity index (χ0v) is 15.4. The summed E-state index contributed by atoms with van der Waals surface area (Å²) >= 11 is 0. The van der Waals surface area contributed by atoms with E-state index in [4.69, 9.17) is 5.73 Å². The maximum atomic E-state index is 14.2. The lowest BCUT2D eigenvalue weighted by atomic mass is 9.96. The molecule has 1 aliphatic heterocycles. The summed E-state index contributed by atoms with van der Waals surface area (Å²) in [7, 11) is 1.21. The minimum Gasteiger partial charge on any atom is -0.465 e. The highest BCUT2D eigenvalue weighted by Gasteiger charge is 2.20. The van der Waals surface area contributed by atoms with E-state index in [2.05, 4.69) is 20.0 Å². The van der Waals surface area contributed by atoms with E-state index in [0.717, 1.165) is 31.6 Å². The molecule has 0 amide bonds. The second kappa shape index (κ2) is 9.24. The van der Waals surface area contributed by atoms with Crippen LogP contribution < -0.4 is 11.1 Å². The molecular weight excluding hydrogens is 335 g/mol. The number of methoxy groups -OCH3 is 1. The number of nitrogen functional groups attached to an aromatic ring is 1. The Morgan fingerprint density at radius 1 is 1.38 bits per heavy atom. The first-order valence-electron chi connectivity index (χ1n) is 8.81. The van der Waals surface area contributed by atoms with Crippen molar-refractivity contribution in [3.05, 3.63) is 41.5 Å². The molecule has 0 saturated carbocycles. The van der Waals surface area contributed by atoms with Gasteiger partial charge in [-0.25, -0.2) is 19.2 Å². The van der Waals surface area contributed by atoms with Crippen molar-refractivity contribution < 1.29 is 13.9 Å². The number of carbonyl (C=O) groups excluding carboxylic acids is 1. The lowest BCUT2D eigenvalue weighted by Gasteiger charge is -2.22. The summed E-state index contributed by atoms with van der Waals surface area (Å²) in [5.41, 5.74) is 7.54. The molecule has 2 heterocycles. The maximum Gasteiger partial charge on any atom is 0.340 e. The molecule has 1 aromatic heterocycles. The number of anilines is 1. The second-order valence-corrected chi connectivity index (χ2v) is 5.76. The quantitative estimate of drug-likeness (QED) is 0.817. The van der Waals surface area contributed by atoms with Gasteiger partial charge in [0.25, 0.3) is 0 Å². The summed E-state index contributed by atoms with van der Waals surface area (Å²) < 4.78 is 18.7. The van der Waals surface area contributed by atoms with Gasteiger partial charge in [-0.2, -0.15) is 0 Å². The third kappa shape index (κ3) is 4.35.